The molecule has 1 saturated carbocycles. The van der Waals surface area contributed by atoms with Crippen molar-refractivity contribution in [1.82, 2.24) is 25.9 Å². The summed E-state index contributed by atoms with van der Waals surface area (Å²) in [5.41, 5.74) is 6.54. The molecule has 3 aliphatic rings. The van der Waals surface area contributed by atoms with E-state index in [2.05, 4.69) is 26.4 Å². The molecule has 3 heterocycles. The molecule has 2 aliphatic heterocycles. The van der Waals surface area contributed by atoms with Crippen LogP contribution in [0.25, 0.3) is 0 Å². The molecular weight excluding hydrogens is 292 g/mol. The molecule has 1 aromatic rings. The van der Waals surface area contributed by atoms with E-state index < -0.39 is 0 Å². The molecule has 0 aromatic carbocycles. The quantitative estimate of drug-likeness (QED) is 0.754. The summed E-state index contributed by atoms with van der Waals surface area (Å²) >= 11 is 0. The SMILES string of the molecule is O=C(C1NNC2CCCC21)N1CCC(Nc2cccnn2)CC1. The molecule has 1 aromatic heterocycles. The number of piperidine rings is 1. The predicted molar refractivity (Wildman–Crippen MR) is 86.4 cm³/mol. The fourth-order valence-corrected chi connectivity index (χ4v) is 4.14. The van der Waals surface area contributed by atoms with Crippen LogP contribution in [-0.4, -0.2) is 52.2 Å². The molecule has 3 atom stereocenters. The zero-order valence-electron chi connectivity index (χ0n) is 13.2. The fourth-order valence-electron chi connectivity index (χ4n) is 4.14. The first-order valence-corrected chi connectivity index (χ1v) is 8.65. The van der Waals surface area contributed by atoms with Gasteiger partial charge in [0.2, 0.25) is 5.91 Å². The van der Waals surface area contributed by atoms with E-state index in [0.717, 1.165) is 38.2 Å². The summed E-state index contributed by atoms with van der Waals surface area (Å²) in [6.07, 6.45) is 7.16. The second-order valence-corrected chi connectivity index (χ2v) is 6.82. The highest BCUT2D eigenvalue weighted by molar-refractivity contribution is 5.82. The lowest BCUT2D eigenvalue weighted by molar-refractivity contribution is -0.135. The monoisotopic (exact) mass is 316 g/mol. The highest BCUT2D eigenvalue weighted by atomic mass is 16.2. The third kappa shape index (κ3) is 3.03. The van der Waals surface area contributed by atoms with Gasteiger partial charge in [0.25, 0.3) is 0 Å². The number of likely N-dealkylation sites (tertiary alicyclic amines) is 1. The number of nitrogens with zero attached hydrogens (tertiary/aromatic N) is 3. The topological polar surface area (TPSA) is 82.2 Å². The van der Waals surface area contributed by atoms with E-state index in [0.29, 0.717) is 18.0 Å². The van der Waals surface area contributed by atoms with Crippen LogP contribution in [0.15, 0.2) is 18.3 Å². The Hall–Kier alpha value is -1.73. The molecule has 7 nitrogen and oxygen atoms in total. The van der Waals surface area contributed by atoms with Gasteiger partial charge < -0.3 is 10.2 Å². The Kier molecular flexibility index (Phi) is 4.13. The third-order valence-electron chi connectivity index (χ3n) is 5.42. The standard InChI is InChI=1S/C16H24N6O/c23-16(15-12-3-1-4-13(12)19-21-15)22-9-6-11(7-10-22)18-14-5-2-8-17-20-14/h2,5,8,11-13,15,19,21H,1,3-4,6-7,9-10H2,(H,18,20). The number of carbonyl (C=O) groups excluding carboxylic acids is 1. The average Bonchev–Trinajstić information content (AvgIpc) is 3.19. The number of hydrazine groups is 1. The van der Waals surface area contributed by atoms with Crippen LogP contribution in [-0.2, 0) is 4.79 Å². The summed E-state index contributed by atoms with van der Waals surface area (Å²) in [6.45, 7) is 1.62. The van der Waals surface area contributed by atoms with E-state index in [1.165, 1.54) is 12.8 Å². The van der Waals surface area contributed by atoms with Gasteiger partial charge in [0.05, 0.1) is 0 Å². The van der Waals surface area contributed by atoms with E-state index in [4.69, 9.17) is 0 Å². The molecule has 4 rings (SSSR count). The second-order valence-electron chi connectivity index (χ2n) is 6.82. The van der Waals surface area contributed by atoms with Crippen LogP contribution in [0.1, 0.15) is 32.1 Å². The maximum atomic E-state index is 12.8. The lowest BCUT2D eigenvalue weighted by Crippen LogP contribution is -2.51. The fraction of sp³-hybridized carbons (Fsp3) is 0.688. The molecule has 3 N–H and O–H groups in total. The highest BCUT2D eigenvalue weighted by Crippen LogP contribution is 2.32. The first kappa shape index (κ1) is 14.8. The van der Waals surface area contributed by atoms with Gasteiger partial charge in [-0.25, -0.2) is 5.43 Å². The first-order valence-electron chi connectivity index (χ1n) is 8.65. The molecule has 7 heteroatoms. The van der Waals surface area contributed by atoms with Gasteiger partial charge in [0.15, 0.2) is 0 Å². The Morgan fingerprint density at radius 2 is 2.09 bits per heavy atom. The van der Waals surface area contributed by atoms with Crippen molar-refractivity contribution in [3.63, 3.8) is 0 Å². The molecular formula is C16H24N6O. The smallest absolute Gasteiger partial charge is 0.241 e. The number of aromatic nitrogens is 2. The third-order valence-corrected chi connectivity index (χ3v) is 5.42. The first-order chi connectivity index (χ1) is 11.3. The van der Waals surface area contributed by atoms with E-state index in [9.17, 15) is 4.79 Å². The van der Waals surface area contributed by atoms with E-state index >= 15 is 0 Å². The molecule has 0 radical (unpaired) electrons. The van der Waals surface area contributed by atoms with Crippen molar-refractivity contribution in [3.05, 3.63) is 18.3 Å². The van der Waals surface area contributed by atoms with Crippen LogP contribution >= 0.6 is 0 Å². The van der Waals surface area contributed by atoms with E-state index in [1.54, 1.807) is 6.20 Å². The van der Waals surface area contributed by atoms with E-state index in [1.807, 2.05) is 17.0 Å². The van der Waals surface area contributed by atoms with Crippen LogP contribution in [0, 0.1) is 5.92 Å². The van der Waals surface area contributed by atoms with Crippen LogP contribution in [0.4, 0.5) is 5.82 Å². The number of nitrogens with one attached hydrogen (secondary N) is 3. The Morgan fingerprint density at radius 1 is 1.22 bits per heavy atom. The van der Waals surface area contributed by atoms with Crippen molar-refractivity contribution in [2.45, 2.75) is 50.2 Å². The number of hydrogen-bond donors (Lipinski definition) is 3. The Bertz CT molecular complexity index is 545. The molecule has 1 amide bonds. The van der Waals surface area contributed by atoms with Crippen molar-refractivity contribution in [1.29, 1.82) is 0 Å². The Morgan fingerprint density at radius 3 is 2.87 bits per heavy atom. The Labute approximate surface area is 136 Å². The molecule has 3 fully saturated rings. The minimum atomic E-state index is -0.0352. The summed E-state index contributed by atoms with van der Waals surface area (Å²) in [6, 6.07) is 4.63. The normalized spacial score (nSPS) is 31.1. The van der Waals surface area contributed by atoms with Crippen molar-refractivity contribution in [2.24, 2.45) is 5.92 Å². The number of carbonyl (C=O) groups is 1. The van der Waals surface area contributed by atoms with Crippen LogP contribution in [0.3, 0.4) is 0 Å². The molecule has 3 unspecified atom stereocenters. The highest BCUT2D eigenvalue weighted by Gasteiger charge is 2.44. The Balaban J connectivity index is 1.30. The zero-order chi connectivity index (χ0) is 15.6. The summed E-state index contributed by atoms with van der Waals surface area (Å²) < 4.78 is 0. The second kappa shape index (κ2) is 6.41. The number of anilines is 1. The predicted octanol–water partition coefficient (Wildman–Crippen LogP) is 0.525. The lowest BCUT2D eigenvalue weighted by Gasteiger charge is -2.34. The number of rotatable bonds is 3. The summed E-state index contributed by atoms with van der Waals surface area (Å²) in [5.74, 6) is 1.55. The van der Waals surface area contributed by atoms with Gasteiger partial charge in [-0.15, -0.1) is 5.10 Å². The van der Waals surface area contributed by atoms with Crippen LogP contribution in [0.2, 0.25) is 0 Å². The molecule has 23 heavy (non-hydrogen) atoms. The molecule has 1 aliphatic carbocycles. The van der Waals surface area contributed by atoms with Gasteiger partial charge >= 0.3 is 0 Å². The van der Waals surface area contributed by atoms with Gasteiger partial charge in [-0.2, -0.15) is 5.10 Å². The maximum Gasteiger partial charge on any atom is 0.241 e. The van der Waals surface area contributed by atoms with Crippen molar-refractivity contribution < 1.29 is 4.79 Å². The summed E-state index contributed by atoms with van der Waals surface area (Å²) in [5, 5.41) is 11.4. The van der Waals surface area contributed by atoms with Crippen molar-refractivity contribution in [3.8, 4) is 0 Å². The van der Waals surface area contributed by atoms with Gasteiger partial charge in [-0.1, -0.05) is 6.42 Å². The lowest BCUT2D eigenvalue weighted by atomic mass is 9.95. The van der Waals surface area contributed by atoms with Crippen molar-refractivity contribution >= 4 is 11.7 Å². The largest absolute Gasteiger partial charge is 0.366 e. The zero-order valence-corrected chi connectivity index (χ0v) is 13.2. The molecule has 0 spiro atoms. The van der Waals surface area contributed by atoms with Crippen molar-refractivity contribution in [2.75, 3.05) is 18.4 Å². The minimum Gasteiger partial charge on any atom is -0.366 e. The molecule has 124 valence electrons. The van der Waals surface area contributed by atoms with E-state index in [-0.39, 0.29) is 11.9 Å². The van der Waals surface area contributed by atoms with Gasteiger partial charge in [-0.05, 0) is 37.8 Å². The average molecular weight is 316 g/mol. The summed E-state index contributed by atoms with van der Waals surface area (Å²) in [7, 11) is 0. The van der Waals surface area contributed by atoms with Gasteiger partial charge in [0.1, 0.15) is 11.9 Å². The van der Waals surface area contributed by atoms with Crippen LogP contribution in [0.5, 0.6) is 0 Å². The molecule has 0 bridgehead atoms. The maximum absolute atomic E-state index is 12.8. The number of hydrogen-bond acceptors (Lipinski definition) is 6. The number of amides is 1. The van der Waals surface area contributed by atoms with Gasteiger partial charge in [-0.3, -0.25) is 10.2 Å². The summed E-state index contributed by atoms with van der Waals surface area (Å²) in [4.78, 5) is 14.8. The van der Waals surface area contributed by atoms with Gasteiger partial charge in [0, 0.05) is 37.3 Å². The number of fused-ring (bicyclic) bond motifs is 1. The van der Waals surface area contributed by atoms with Crippen LogP contribution < -0.4 is 16.2 Å². The minimum absolute atomic E-state index is 0.0352. The molecule has 2 saturated heterocycles.